The summed E-state index contributed by atoms with van der Waals surface area (Å²) in [5.74, 6) is -0.428. The van der Waals surface area contributed by atoms with Crippen molar-refractivity contribution in [3.8, 4) is 0 Å². The van der Waals surface area contributed by atoms with Crippen LogP contribution in [0, 0.1) is 25.6 Å². The summed E-state index contributed by atoms with van der Waals surface area (Å²) in [6.07, 6.45) is 1.37. The quantitative estimate of drug-likeness (QED) is 0.478. The van der Waals surface area contributed by atoms with Gasteiger partial charge in [0, 0.05) is 23.7 Å². The first-order valence-electron chi connectivity index (χ1n) is 11.7. The van der Waals surface area contributed by atoms with Gasteiger partial charge in [0.25, 0.3) is 10.0 Å². The average Bonchev–Trinajstić information content (AvgIpc) is 2.84. The molecule has 4 rings (SSSR count). The fourth-order valence-electron chi connectivity index (χ4n) is 4.35. The fraction of sp³-hybridized carbons (Fsp3) is 0.296. The Labute approximate surface area is 206 Å². The summed E-state index contributed by atoms with van der Waals surface area (Å²) in [5.41, 5.74) is 3.48. The number of aryl methyl sites for hydroxylation is 2. The van der Waals surface area contributed by atoms with Gasteiger partial charge in [-0.15, -0.1) is 0 Å². The second kappa shape index (κ2) is 10.6. The number of piperidine rings is 1. The van der Waals surface area contributed by atoms with Gasteiger partial charge in [-0.1, -0.05) is 36.4 Å². The lowest BCUT2D eigenvalue weighted by molar-refractivity contribution is -0.121. The van der Waals surface area contributed by atoms with Crippen molar-refractivity contribution in [3.05, 3.63) is 89.2 Å². The smallest absolute Gasteiger partial charge is 0.261 e. The number of halogens is 1. The van der Waals surface area contributed by atoms with E-state index in [4.69, 9.17) is 0 Å². The number of benzene rings is 3. The molecule has 0 atom stereocenters. The Morgan fingerprint density at radius 1 is 0.943 bits per heavy atom. The van der Waals surface area contributed by atoms with Crippen molar-refractivity contribution >= 4 is 27.3 Å². The van der Waals surface area contributed by atoms with E-state index in [1.54, 1.807) is 24.3 Å². The molecule has 0 saturated carbocycles. The number of hydrogen-bond acceptors (Lipinski definition) is 4. The normalized spacial score (nSPS) is 15.1. The molecule has 0 radical (unpaired) electrons. The minimum atomic E-state index is -3.75. The van der Waals surface area contributed by atoms with Crippen LogP contribution < -0.4 is 10.0 Å². The third-order valence-electron chi connectivity index (χ3n) is 6.46. The van der Waals surface area contributed by atoms with Gasteiger partial charge >= 0.3 is 0 Å². The number of para-hydroxylation sites is 1. The van der Waals surface area contributed by atoms with Gasteiger partial charge in [-0.3, -0.25) is 14.4 Å². The zero-order chi connectivity index (χ0) is 25.0. The monoisotopic (exact) mass is 495 g/mol. The molecule has 3 aromatic rings. The highest BCUT2D eigenvalue weighted by molar-refractivity contribution is 7.92. The highest BCUT2D eigenvalue weighted by atomic mass is 32.2. The summed E-state index contributed by atoms with van der Waals surface area (Å²) < 4.78 is 42.3. The Kier molecular flexibility index (Phi) is 7.52. The summed E-state index contributed by atoms with van der Waals surface area (Å²) in [6.45, 7) is 5.68. The summed E-state index contributed by atoms with van der Waals surface area (Å²) >= 11 is 0. The number of sulfonamides is 1. The second-order valence-corrected chi connectivity index (χ2v) is 10.7. The Hall–Kier alpha value is -3.23. The van der Waals surface area contributed by atoms with E-state index in [0.717, 1.165) is 11.1 Å². The Balaban J connectivity index is 1.32. The lowest BCUT2D eigenvalue weighted by Gasteiger charge is -2.31. The van der Waals surface area contributed by atoms with E-state index < -0.39 is 10.0 Å². The van der Waals surface area contributed by atoms with E-state index in [1.807, 2.05) is 38.1 Å². The Morgan fingerprint density at radius 2 is 1.57 bits per heavy atom. The largest absolute Gasteiger partial charge is 0.326 e. The van der Waals surface area contributed by atoms with Crippen LogP contribution in [-0.2, 0) is 21.4 Å². The third kappa shape index (κ3) is 6.07. The van der Waals surface area contributed by atoms with E-state index >= 15 is 0 Å². The van der Waals surface area contributed by atoms with Crippen LogP contribution in [0.1, 0.15) is 29.5 Å². The third-order valence-corrected chi connectivity index (χ3v) is 7.83. The number of carbonyl (C=O) groups excluding carboxylic acids is 1. The molecule has 8 heteroatoms. The van der Waals surface area contributed by atoms with E-state index in [9.17, 15) is 17.6 Å². The van der Waals surface area contributed by atoms with Crippen LogP contribution in [0.4, 0.5) is 15.8 Å². The summed E-state index contributed by atoms with van der Waals surface area (Å²) in [7, 11) is -3.75. The van der Waals surface area contributed by atoms with Crippen LogP contribution in [0.3, 0.4) is 0 Å². The summed E-state index contributed by atoms with van der Waals surface area (Å²) in [4.78, 5) is 15.0. The standard InChI is InChI=1S/C27H30FN3O3S/c1-19-6-5-7-20(2)26(19)30-35(33,34)24-12-10-23(11-13-24)29-27(32)21-14-16-31(17-15-21)18-22-8-3-4-9-25(22)28/h3-13,21,30H,14-18H2,1-2H3,(H,29,32). The molecule has 1 amide bonds. The van der Waals surface area contributed by atoms with Gasteiger partial charge in [-0.25, -0.2) is 12.8 Å². The van der Waals surface area contributed by atoms with Gasteiger partial charge in [-0.2, -0.15) is 0 Å². The molecular weight excluding hydrogens is 465 g/mol. The number of nitrogens with zero attached hydrogens (tertiary/aromatic N) is 1. The lowest BCUT2D eigenvalue weighted by atomic mass is 9.95. The summed E-state index contributed by atoms with van der Waals surface area (Å²) in [5, 5.41) is 2.90. The van der Waals surface area contributed by atoms with E-state index in [0.29, 0.717) is 49.4 Å². The van der Waals surface area contributed by atoms with Gasteiger partial charge < -0.3 is 5.32 Å². The number of amides is 1. The number of carbonyl (C=O) groups is 1. The van der Waals surface area contributed by atoms with Crippen LogP contribution >= 0.6 is 0 Å². The molecule has 2 N–H and O–H groups in total. The molecule has 0 spiro atoms. The molecular formula is C27H30FN3O3S. The number of anilines is 2. The second-order valence-electron chi connectivity index (χ2n) is 9.03. The topological polar surface area (TPSA) is 78.5 Å². The molecule has 0 aliphatic carbocycles. The average molecular weight is 496 g/mol. The van der Waals surface area contributed by atoms with Crippen molar-refractivity contribution in [1.29, 1.82) is 0 Å². The van der Waals surface area contributed by atoms with Crippen LogP contribution in [0.25, 0.3) is 0 Å². The maximum Gasteiger partial charge on any atom is 0.261 e. The zero-order valence-electron chi connectivity index (χ0n) is 19.9. The highest BCUT2D eigenvalue weighted by Gasteiger charge is 2.25. The zero-order valence-corrected chi connectivity index (χ0v) is 20.7. The van der Waals surface area contributed by atoms with Gasteiger partial charge in [0.1, 0.15) is 5.82 Å². The molecule has 1 saturated heterocycles. The lowest BCUT2D eigenvalue weighted by Crippen LogP contribution is -2.37. The SMILES string of the molecule is Cc1cccc(C)c1NS(=O)(=O)c1ccc(NC(=O)C2CCN(Cc3ccccc3F)CC2)cc1. The molecule has 0 unspecified atom stereocenters. The van der Waals surface area contributed by atoms with Gasteiger partial charge in [0.15, 0.2) is 0 Å². The van der Waals surface area contributed by atoms with Crippen molar-refractivity contribution < 1.29 is 17.6 Å². The predicted molar refractivity (Wildman–Crippen MR) is 136 cm³/mol. The molecule has 1 heterocycles. The number of hydrogen-bond donors (Lipinski definition) is 2. The fourth-order valence-corrected chi connectivity index (χ4v) is 5.55. The van der Waals surface area contributed by atoms with Gasteiger partial charge in [0.05, 0.1) is 10.6 Å². The molecule has 0 aromatic heterocycles. The predicted octanol–water partition coefficient (Wildman–Crippen LogP) is 5.09. The first-order valence-corrected chi connectivity index (χ1v) is 13.2. The maximum atomic E-state index is 13.9. The van der Waals surface area contributed by atoms with Crippen molar-refractivity contribution in [2.75, 3.05) is 23.1 Å². The van der Waals surface area contributed by atoms with Crippen LogP contribution in [0.5, 0.6) is 0 Å². The molecule has 0 bridgehead atoms. The Bertz CT molecular complexity index is 1280. The molecule has 1 aliphatic heterocycles. The molecule has 35 heavy (non-hydrogen) atoms. The van der Waals surface area contributed by atoms with Crippen LogP contribution in [0.2, 0.25) is 0 Å². The minimum Gasteiger partial charge on any atom is -0.326 e. The summed E-state index contributed by atoms with van der Waals surface area (Å²) in [6, 6.07) is 18.5. The first-order chi connectivity index (χ1) is 16.7. The highest BCUT2D eigenvalue weighted by Crippen LogP contribution is 2.25. The molecule has 6 nitrogen and oxygen atoms in total. The van der Waals surface area contributed by atoms with Crippen molar-refractivity contribution in [2.45, 2.75) is 38.1 Å². The van der Waals surface area contributed by atoms with Crippen molar-refractivity contribution in [3.63, 3.8) is 0 Å². The van der Waals surface area contributed by atoms with Crippen molar-refractivity contribution in [2.24, 2.45) is 5.92 Å². The minimum absolute atomic E-state index is 0.0835. The van der Waals surface area contributed by atoms with Gasteiger partial charge in [0.2, 0.25) is 5.91 Å². The van der Waals surface area contributed by atoms with Gasteiger partial charge in [-0.05, 0) is 81.2 Å². The number of likely N-dealkylation sites (tertiary alicyclic amines) is 1. The molecule has 1 fully saturated rings. The van der Waals surface area contributed by atoms with E-state index in [1.165, 1.54) is 18.2 Å². The van der Waals surface area contributed by atoms with E-state index in [-0.39, 0.29) is 22.5 Å². The molecule has 3 aromatic carbocycles. The Morgan fingerprint density at radius 3 is 2.20 bits per heavy atom. The maximum absolute atomic E-state index is 13.9. The number of rotatable bonds is 7. The first kappa shape index (κ1) is 24.9. The van der Waals surface area contributed by atoms with Crippen LogP contribution in [-0.4, -0.2) is 32.3 Å². The van der Waals surface area contributed by atoms with Crippen LogP contribution in [0.15, 0.2) is 71.6 Å². The number of nitrogens with one attached hydrogen (secondary N) is 2. The molecule has 1 aliphatic rings. The van der Waals surface area contributed by atoms with Crippen molar-refractivity contribution in [1.82, 2.24) is 4.90 Å². The molecule has 184 valence electrons. The van der Waals surface area contributed by atoms with E-state index in [2.05, 4.69) is 14.9 Å².